The second kappa shape index (κ2) is 6.78. The summed E-state index contributed by atoms with van der Waals surface area (Å²) < 4.78 is 5.51. The van der Waals surface area contributed by atoms with E-state index in [2.05, 4.69) is 15.6 Å². The van der Waals surface area contributed by atoms with E-state index in [1.165, 1.54) is 13.1 Å². The molecule has 0 unspecified atom stereocenters. The first-order valence-electron chi connectivity index (χ1n) is 7.32. The number of carbonyl (C=O) groups is 2. The number of carbonyl (C=O) groups excluding carboxylic acids is 2. The van der Waals surface area contributed by atoms with Gasteiger partial charge in [0.25, 0.3) is 5.91 Å². The fourth-order valence-electron chi connectivity index (χ4n) is 2.16. The summed E-state index contributed by atoms with van der Waals surface area (Å²) in [4.78, 5) is 27.5. The third kappa shape index (κ3) is 3.67. The SMILES string of the molecule is CC(=O)Nc1cccc(NC(=O)c2cnc(-c3ccccc3)o2)c1. The minimum Gasteiger partial charge on any atom is -0.431 e. The Balaban J connectivity index is 1.74. The quantitative estimate of drug-likeness (QED) is 0.769. The van der Waals surface area contributed by atoms with E-state index < -0.39 is 5.91 Å². The third-order valence-electron chi connectivity index (χ3n) is 3.19. The molecule has 2 N–H and O–H groups in total. The molecule has 1 heterocycles. The van der Waals surface area contributed by atoms with Crippen molar-refractivity contribution in [1.29, 1.82) is 0 Å². The van der Waals surface area contributed by atoms with Crippen molar-refractivity contribution in [1.82, 2.24) is 4.98 Å². The first kappa shape index (κ1) is 15.5. The van der Waals surface area contributed by atoms with Crippen LogP contribution < -0.4 is 10.6 Å². The largest absolute Gasteiger partial charge is 0.431 e. The molecule has 0 bridgehead atoms. The number of amides is 2. The zero-order valence-corrected chi connectivity index (χ0v) is 12.9. The van der Waals surface area contributed by atoms with Gasteiger partial charge in [-0.3, -0.25) is 9.59 Å². The molecule has 120 valence electrons. The lowest BCUT2D eigenvalue weighted by Crippen LogP contribution is -2.11. The monoisotopic (exact) mass is 321 g/mol. The minimum absolute atomic E-state index is 0.110. The molecule has 0 fully saturated rings. The van der Waals surface area contributed by atoms with Crippen LogP contribution in [-0.4, -0.2) is 16.8 Å². The van der Waals surface area contributed by atoms with Crippen molar-refractivity contribution in [2.75, 3.05) is 10.6 Å². The normalized spacial score (nSPS) is 10.2. The molecule has 0 saturated heterocycles. The van der Waals surface area contributed by atoms with Gasteiger partial charge in [-0.2, -0.15) is 0 Å². The lowest BCUT2D eigenvalue weighted by molar-refractivity contribution is -0.114. The lowest BCUT2D eigenvalue weighted by atomic mass is 10.2. The van der Waals surface area contributed by atoms with E-state index >= 15 is 0 Å². The van der Waals surface area contributed by atoms with Gasteiger partial charge < -0.3 is 15.1 Å². The Labute approximate surface area is 138 Å². The molecule has 0 aliphatic heterocycles. The first-order chi connectivity index (χ1) is 11.6. The van der Waals surface area contributed by atoms with Gasteiger partial charge in [-0.25, -0.2) is 4.98 Å². The summed E-state index contributed by atoms with van der Waals surface area (Å²) in [5.41, 5.74) is 1.94. The van der Waals surface area contributed by atoms with Crippen molar-refractivity contribution in [2.24, 2.45) is 0 Å². The molecule has 0 aliphatic rings. The van der Waals surface area contributed by atoms with E-state index in [9.17, 15) is 9.59 Å². The standard InChI is InChI=1S/C18H15N3O3/c1-12(22)20-14-8-5-9-15(10-14)21-17(23)16-11-19-18(24-16)13-6-3-2-4-7-13/h2-11H,1H3,(H,20,22)(H,21,23). The smallest absolute Gasteiger partial charge is 0.293 e. The molecule has 0 atom stereocenters. The summed E-state index contributed by atoms with van der Waals surface area (Å²) in [7, 11) is 0. The van der Waals surface area contributed by atoms with Crippen molar-refractivity contribution < 1.29 is 14.0 Å². The maximum atomic E-state index is 12.3. The predicted octanol–water partition coefficient (Wildman–Crippen LogP) is 3.55. The molecular formula is C18H15N3O3. The molecular weight excluding hydrogens is 306 g/mol. The summed E-state index contributed by atoms with van der Waals surface area (Å²) in [5.74, 6) is -0.0996. The predicted molar refractivity (Wildman–Crippen MR) is 90.6 cm³/mol. The van der Waals surface area contributed by atoms with E-state index in [-0.39, 0.29) is 11.7 Å². The summed E-state index contributed by atoms with van der Waals surface area (Å²) in [6.45, 7) is 1.42. The topological polar surface area (TPSA) is 84.2 Å². The number of nitrogens with one attached hydrogen (secondary N) is 2. The van der Waals surface area contributed by atoms with Gasteiger partial charge >= 0.3 is 0 Å². The molecule has 24 heavy (non-hydrogen) atoms. The molecule has 0 aliphatic carbocycles. The number of nitrogens with zero attached hydrogens (tertiary/aromatic N) is 1. The fourth-order valence-corrected chi connectivity index (χ4v) is 2.16. The Kier molecular flexibility index (Phi) is 4.38. The second-order valence-electron chi connectivity index (χ2n) is 5.11. The van der Waals surface area contributed by atoms with Gasteiger partial charge in [-0.1, -0.05) is 24.3 Å². The van der Waals surface area contributed by atoms with Crippen molar-refractivity contribution in [3.05, 3.63) is 66.6 Å². The summed E-state index contributed by atoms with van der Waals surface area (Å²) >= 11 is 0. The Hall–Kier alpha value is -3.41. The number of hydrogen-bond acceptors (Lipinski definition) is 4. The van der Waals surface area contributed by atoms with E-state index in [1.54, 1.807) is 24.3 Å². The highest BCUT2D eigenvalue weighted by Gasteiger charge is 2.14. The lowest BCUT2D eigenvalue weighted by Gasteiger charge is -2.06. The second-order valence-corrected chi connectivity index (χ2v) is 5.11. The van der Waals surface area contributed by atoms with Crippen LogP contribution in [0.15, 0.2) is 65.2 Å². The number of rotatable bonds is 4. The van der Waals surface area contributed by atoms with Crippen LogP contribution in [0.4, 0.5) is 11.4 Å². The Morgan fingerprint density at radius 1 is 0.958 bits per heavy atom. The van der Waals surface area contributed by atoms with Gasteiger partial charge in [0.2, 0.25) is 17.6 Å². The number of anilines is 2. The van der Waals surface area contributed by atoms with Crippen LogP contribution in [0.5, 0.6) is 0 Å². The highest BCUT2D eigenvalue weighted by Crippen LogP contribution is 2.20. The number of hydrogen-bond donors (Lipinski definition) is 2. The Morgan fingerprint density at radius 2 is 1.67 bits per heavy atom. The van der Waals surface area contributed by atoms with Crippen molar-refractivity contribution >= 4 is 23.2 Å². The molecule has 3 rings (SSSR count). The van der Waals surface area contributed by atoms with E-state index in [1.807, 2.05) is 30.3 Å². The van der Waals surface area contributed by atoms with Gasteiger partial charge in [-0.05, 0) is 30.3 Å². The number of oxazole rings is 1. The molecule has 0 saturated carbocycles. The fraction of sp³-hybridized carbons (Fsp3) is 0.0556. The Bertz CT molecular complexity index is 872. The van der Waals surface area contributed by atoms with E-state index in [0.29, 0.717) is 17.3 Å². The van der Waals surface area contributed by atoms with Crippen molar-refractivity contribution in [3.63, 3.8) is 0 Å². The van der Waals surface area contributed by atoms with Crippen molar-refractivity contribution in [3.8, 4) is 11.5 Å². The van der Waals surface area contributed by atoms with Crippen LogP contribution >= 0.6 is 0 Å². The van der Waals surface area contributed by atoms with Gasteiger partial charge in [0.05, 0.1) is 6.20 Å². The van der Waals surface area contributed by atoms with Gasteiger partial charge in [0.1, 0.15) is 0 Å². The molecule has 2 amide bonds. The van der Waals surface area contributed by atoms with Crippen LogP contribution in [0.3, 0.4) is 0 Å². The minimum atomic E-state index is -0.412. The van der Waals surface area contributed by atoms with E-state index in [4.69, 9.17) is 4.42 Å². The average molecular weight is 321 g/mol. The van der Waals surface area contributed by atoms with Crippen LogP contribution in [0.2, 0.25) is 0 Å². The van der Waals surface area contributed by atoms with Gasteiger partial charge in [0.15, 0.2) is 0 Å². The molecule has 2 aromatic carbocycles. The molecule has 3 aromatic rings. The molecule has 6 nitrogen and oxygen atoms in total. The maximum absolute atomic E-state index is 12.3. The van der Waals surface area contributed by atoms with Gasteiger partial charge in [-0.15, -0.1) is 0 Å². The number of benzene rings is 2. The average Bonchev–Trinajstić information content (AvgIpc) is 3.05. The van der Waals surface area contributed by atoms with Crippen LogP contribution in [0, 0.1) is 0 Å². The molecule has 0 spiro atoms. The van der Waals surface area contributed by atoms with Crippen LogP contribution in [-0.2, 0) is 4.79 Å². The Morgan fingerprint density at radius 3 is 2.38 bits per heavy atom. The summed E-state index contributed by atoms with van der Waals surface area (Å²) in [5, 5.41) is 5.37. The zero-order chi connectivity index (χ0) is 16.9. The third-order valence-corrected chi connectivity index (χ3v) is 3.19. The molecule has 0 radical (unpaired) electrons. The van der Waals surface area contributed by atoms with Crippen LogP contribution in [0.25, 0.3) is 11.5 Å². The van der Waals surface area contributed by atoms with Gasteiger partial charge in [0, 0.05) is 23.9 Å². The van der Waals surface area contributed by atoms with Crippen molar-refractivity contribution in [2.45, 2.75) is 6.92 Å². The van der Waals surface area contributed by atoms with Crippen LogP contribution in [0.1, 0.15) is 17.5 Å². The highest BCUT2D eigenvalue weighted by molar-refractivity contribution is 6.02. The number of aromatic nitrogens is 1. The summed E-state index contributed by atoms with van der Waals surface area (Å²) in [6.07, 6.45) is 1.38. The summed E-state index contributed by atoms with van der Waals surface area (Å²) in [6, 6.07) is 16.2. The molecule has 1 aromatic heterocycles. The first-order valence-corrected chi connectivity index (χ1v) is 7.32. The maximum Gasteiger partial charge on any atom is 0.293 e. The zero-order valence-electron chi connectivity index (χ0n) is 12.9. The molecule has 6 heteroatoms. The highest BCUT2D eigenvalue weighted by atomic mass is 16.4. The van der Waals surface area contributed by atoms with E-state index in [0.717, 1.165) is 5.56 Å².